The molecule has 0 radical (unpaired) electrons. The number of carbonyl (C=O) groups excluding carboxylic acids is 1. The first kappa shape index (κ1) is 14.3. The van der Waals surface area contributed by atoms with Gasteiger partial charge in [-0.05, 0) is 12.1 Å². The average molecular weight is 316 g/mol. The van der Waals surface area contributed by atoms with E-state index in [9.17, 15) is 18.0 Å². The lowest BCUT2D eigenvalue weighted by molar-refractivity contribution is -0.137. The molecule has 1 aromatic heterocycles. The fourth-order valence-corrected chi connectivity index (χ4v) is 3.12. The van der Waals surface area contributed by atoms with Crippen molar-refractivity contribution in [3.63, 3.8) is 0 Å². The summed E-state index contributed by atoms with van der Waals surface area (Å²) >= 11 is 0.531. The van der Waals surface area contributed by atoms with E-state index in [1.165, 1.54) is 17.0 Å². The standard InChI is InChI=1S/C13H11F3N2O2S/c14-13(15,16)12-17-10-8(2-1-3-9(10)21-12)11(20)18-4-7(5-18)6-19/h1-3,7,19H,4-6H2. The number of amides is 1. The molecule has 112 valence electrons. The van der Waals surface area contributed by atoms with Crippen LogP contribution in [0.1, 0.15) is 15.4 Å². The van der Waals surface area contributed by atoms with Crippen LogP contribution in [0.4, 0.5) is 13.2 Å². The van der Waals surface area contributed by atoms with E-state index in [2.05, 4.69) is 4.98 Å². The molecule has 1 aliphatic heterocycles. The van der Waals surface area contributed by atoms with Crippen molar-refractivity contribution in [3.05, 3.63) is 28.8 Å². The third kappa shape index (κ3) is 2.49. The molecular formula is C13H11F3N2O2S. The monoisotopic (exact) mass is 316 g/mol. The van der Waals surface area contributed by atoms with Gasteiger partial charge in [0.25, 0.3) is 5.91 Å². The molecule has 1 aromatic carbocycles. The van der Waals surface area contributed by atoms with E-state index in [4.69, 9.17) is 5.11 Å². The minimum absolute atomic E-state index is 0.00288. The number of fused-ring (bicyclic) bond motifs is 1. The molecule has 4 nitrogen and oxygen atoms in total. The number of para-hydroxylation sites is 1. The number of carbonyl (C=O) groups is 1. The third-order valence-electron chi connectivity index (χ3n) is 3.39. The number of halogens is 3. The van der Waals surface area contributed by atoms with Crippen LogP contribution in [-0.2, 0) is 6.18 Å². The van der Waals surface area contributed by atoms with Gasteiger partial charge >= 0.3 is 6.18 Å². The van der Waals surface area contributed by atoms with Gasteiger partial charge in [0.1, 0.15) is 0 Å². The van der Waals surface area contributed by atoms with Crippen molar-refractivity contribution in [2.45, 2.75) is 6.18 Å². The van der Waals surface area contributed by atoms with Crippen LogP contribution >= 0.6 is 11.3 Å². The maximum Gasteiger partial charge on any atom is 0.443 e. The fraction of sp³-hybridized carbons (Fsp3) is 0.385. The zero-order valence-corrected chi connectivity index (χ0v) is 11.5. The van der Waals surface area contributed by atoms with Gasteiger partial charge < -0.3 is 10.0 Å². The van der Waals surface area contributed by atoms with Gasteiger partial charge in [0.15, 0.2) is 5.01 Å². The van der Waals surface area contributed by atoms with Gasteiger partial charge in [-0.25, -0.2) is 4.98 Å². The molecule has 0 spiro atoms. The number of likely N-dealkylation sites (tertiary alicyclic amines) is 1. The quantitative estimate of drug-likeness (QED) is 0.925. The molecule has 0 unspecified atom stereocenters. The first-order valence-electron chi connectivity index (χ1n) is 6.27. The number of aliphatic hydroxyl groups excluding tert-OH is 1. The molecule has 0 atom stereocenters. The number of rotatable bonds is 2. The SMILES string of the molecule is O=C(c1cccc2sc(C(F)(F)F)nc12)N1CC(CO)C1. The van der Waals surface area contributed by atoms with Crippen molar-refractivity contribution in [1.29, 1.82) is 0 Å². The molecule has 1 N–H and O–H groups in total. The number of hydrogen-bond donors (Lipinski definition) is 1. The summed E-state index contributed by atoms with van der Waals surface area (Å²) < 4.78 is 38.5. The van der Waals surface area contributed by atoms with E-state index in [-0.39, 0.29) is 29.5 Å². The summed E-state index contributed by atoms with van der Waals surface area (Å²) in [5.41, 5.74) is 0.267. The van der Waals surface area contributed by atoms with Gasteiger partial charge in [-0.2, -0.15) is 13.2 Å². The van der Waals surface area contributed by atoms with Crippen LogP contribution in [-0.4, -0.2) is 40.6 Å². The molecule has 0 aliphatic carbocycles. The molecule has 1 saturated heterocycles. The number of benzene rings is 1. The Morgan fingerprint density at radius 3 is 2.76 bits per heavy atom. The highest BCUT2D eigenvalue weighted by molar-refractivity contribution is 7.18. The first-order chi connectivity index (χ1) is 9.90. The van der Waals surface area contributed by atoms with Gasteiger partial charge in [-0.15, -0.1) is 11.3 Å². The van der Waals surface area contributed by atoms with Crippen molar-refractivity contribution in [2.24, 2.45) is 5.92 Å². The van der Waals surface area contributed by atoms with Gasteiger partial charge in [0.2, 0.25) is 0 Å². The van der Waals surface area contributed by atoms with Crippen LogP contribution in [0.5, 0.6) is 0 Å². The predicted molar refractivity (Wildman–Crippen MR) is 71.1 cm³/mol. The van der Waals surface area contributed by atoms with E-state index in [0.29, 0.717) is 29.1 Å². The smallest absolute Gasteiger partial charge is 0.396 e. The van der Waals surface area contributed by atoms with E-state index in [0.717, 1.165) is 0 Å². The van der Waals surface area contributed by atoms with Gasteiger partial charge in [-0.1, -0.05) is 6.07 Å². The van der Waals surface area contributed by atoms with Crippen molar-refractivity contribution in [1.82, 2.24) is 9.88 Å². The number of nitrogens with zero attached hydrogens (tertiary/aromatic N) is 2. The maximum atomic E-state index is 12.7. The molecular weight excluding hydrogens is 305 g/mol. The number of thiazole rings is 1. The van der Waals surface area contributed by atoms with E-state index in [1.54, 1.807) is 6.07 Å². The Morgan fingerprint density at radius 1 is 1.43 bits per heavy atom. The Bertz CT molecular complexity index is 692. The first-order valence-corrected chi connectivity index (χ1v) is 7.08. The second-order valence-electron chi connectivity index (χ2n) is 4.93. The molecule has 2 aromatic rings. The van der Waals surface area contributed by atoms with Crippen molar-refractivity contribution < 1.29 is 23.1 Å². The molecule has 0 saturated carbocycles. The minimum Gasteiger partial charge on any atom is -0.396 e. The lowest BCUT2D eigenvalue weighted by Gasteiger charge is -2.38. The molecule has 21 heavy (non-hydrogen) atoms. The summed E-state index contributed by atoms with van der Waals surface area (Å²) in [5.74, 6) is -0.293. The summed E-state index contributed by atoms with van der Waals surface area (Å²) in [7, 11) is 0. The summed E-state index contributed by atoms with van der Waals surface area (Å²) in [6.45, 7) is 0.840. The normalized spacial score (nSPS) is 16.3. The Balaban J connectivity index is 1.96. The molecule has 1 fully saturated rings. The molecule has 1 amide bonds. The summed E-state index contributed by atoms with van der Waals surface area (Å²) in [6, 6.07) is 4.56. The van der Waals surface area contributed by atoms with Crippen LogP contribution < -0.4 is 0 Å². The topological polar surface area (TPSA) is 53.4 Å². The van der Waals surface area contributed by atoms with Crippen molar-refractivity contribution in [2.75, 3.05) is 19.7 Å². The number of alkyl halides is 3. The predicted octanol–water partition coefficient (Wildman–Crippen LogP) is 2.38. The lowest BCUT2D eigenvalue weighted by Crippen LogP contribution is -2.51. The largest absolute Gasteiger partial charge is 0.443 e. The lowest BCUT2D eigenvalue weighted by atomic mass is 10.00. The highest BCUT2D eigenvalue weighted by atomic mass is 32.1. The van der Waals surface area contributed by atoms with Crippen LogP contribution in [0.15, 0.2) is 18.2 Å². The Kier molecular flexibility index (Phi) is 3.37. The number of aliphatic hydroxyl groups is 1. The number of aromatic nitrogens is 1. The van der Waals surface area contributed by atoms with Crippen LogP contribution in [0.2, 0.25) is 0 Å². The zero-order valence-electron chi connectivity index (χ0n) is 10.7. The van der Waals surface area contributed by atoms with E-state index >= 15 is 0 Å². The summed E-state index contributed by atoms with van der Waals surface area (Å²) in [5, 5.41) is 8.00. The highest BCUT2D eigenvalue weighted by Crippen LogP contribution is 2.36. The van der Waals surface area contributed by atoms with Crippen LogP contribution in [0, 0.1) is 5.92 Å². The van der Waals surface area contributed by atoms with E-state index in [1.807, 2.05) is 0 Å². The maximum absolute atomic E-state index is 12.7. The summed E-state index contributed by atoms with van der Waals surface area (Å²) in [4.78, 5) is 17.4. The molecule has 0 bridgehead atoms. The Hall–Kier alpha value is -1.67. The second-order valence-corrected chi connectivity index (χ2v) is 5.96. The highest BCUT2D eigenvalue weighted by Gasteiger charge is 2.36. The summed E-state index contributed by atoms with van der Waals surface area (Å²) in [6.07, 6.45) is -4.51. The van der Waals surface area contributed by atoms with Crippen molar-refractivity contribution in [3.8, 4) is 0 Å². The Morgan fingerprint density at radius 2 is 2.14 bits per heavy atom. The molecule has 2 heterocycles. The fourth-order valence-electron chi connectivity index (χ4n) is 2.26. The molecule has 3 rings (SSSR count). The molecule has 1 aliphatic rings. The van der Waals surface area contributed by atoms with Crippen LogP contribution in [0.25, 0.3) is 10.2 Å². The van der Waals surface area contributed by atoms with Crippen LogP contribution in [0.3, 0.4) is 0 Å². The number of hydrogen-bond acceptors (Lipinski definition) is 4. The van der Waals surface area contributed by atoms with Crippen molar-refractivity contribution >= 4 is 27.5 Å². The third-order valence-corrected chi connectivity index (χ3v) is 4.46. The Labute approximate surface area is 121 Å². The molecule has 8 heteroatoms. The average Bonchev–Trinajstić information content (AvgIpc) is 2.80. The van der Waals surface area contributed by atoms with E-state index < -0.39 is 11.2 Å². The zero-order chi connectivity index (χ0) is 15.2. The minimum atomic E-state index is -4.51. The van der Waals surface area contributed by atoms with Gasteiger partial charge in [0, 0.05) is 25.6 Å². The second kappa shape index (κ2) is 4.96. The van der Waals surface area contributed by atoms with Gasteiger partial charge in [-0.3, -0.25) is 4.79 Å². The van der Waals surface area contributed by atoms with Gasteiger partial charge in [0.05, 0.1) is 15.8 Å².